The molecule has 3 heterocycles. The fourth-order valence-electron chi connectivity index (χ4n) is 5.15. The molecule has 6 nitrogen and oxygen atoms in total. The number of amides is 1. The van der Waals surface area contributed by atoms with E-state index in [9.17, 15) is 9.18 Å². The van der Waals surface area contributed by atoms with Gasteiger partial charge >= 0.3 is 0 Å². The molecule has 0 atom stereocenters. The Balaban J connectivity index is 1.33. The molecule has 0 bridgehead atoms. The lowest BCUT2D eigenvalue weighted by Crippen LogP contribution is -2.36. The number of hydrogen-bond acceptors (Lipinski definition) is 4. The van der Waals surface area contributed by atoms with Gasteiger partial charge in [-0.25, -0.2) is 4.39 Å². The molecule has 7 heteroatoms. The fraction of sp³-hybridized carbons (Fsp3) is 0.444. The van der Waals surface area contributed by atoms with Crippen molar-refractivity contribution in [3.8, 4) is 0 Å². The first kappa shape index (κ1) is 23.0. The maximum absolute atomic E-state index is 13.2. The van der Waals surface area contributed by atoms with Crippen LogP contribution in [0.3, 0.4) is 0 Å². The van der Waals surface area contributed by atoms with Gasteiger partial charge in [-0.15, -0.1) is 0 Å². The molecule has 0 spiro atoms. The van der Waals surface area contributed by atoms with Gasteiger partial charge in [0.15, 0.2) is 6.29 Å². The van der Waals surface area contributed by atoms with E-state index in [0.29, 0.717) is 25.7 Å². The van der Waals surface area contributed by atoms with E-state index in [1.165, 1.54) is 12.1 Å². The summed E-state index contributed by atoms with van der Waals surface area (Å²) in [6.07, 6.45) is 3.01. The summed E-state index contributed by atoms with van der Waals surface area (Å²) < 4.78 is 27.0. The van der Waals surface area contributed by atoms with Gasteiger partial charge < -0.3 is 24.3 Å². The molecule has 2 aliphatic heterocycles. The minimum absolute atomic E-state index is 0.0171. The van der Waals surface area contributed by atoms with Gasteiger partial charge in [0.05, 0.1) is 19.6 Å². The van der Waals surface area contributed by atoms with E-state index in [1.54, 1.807) is 7.05 Å². The molecule has 2 saturated heterocycles. The molecule has 5 rings (SSSR count). The highest BCUT2D eigenvalue weighted by molar-refractivity contribution is 5.85. The zero-order valence-electron chi connectivity index (χ0n) is 19.6. The number of benzene rings is 2. The number of likely N-dealkylation sites (N-methyl/N-ethyl adjacent to an activating group) is 1. The Morgan fingerprint density at radius 1 is 1.06 bits per heavy atom. The first-order valence-electron chi connectivity index (χ1n) is 12.1. The Labute approximate surface area is 199 Å². The molecule has 0 radical (unpaired) electrons. The van der Waals surface area contributed by atoms with Crippen LogP contribution >= 0.6 is 0 Å². The molecule has 3 aromatic rings. The molecule has 2 aromatic carbocycles. The first-order chi connectivity index (χ1) is 16.6. The second-order valence-electron chi connectivity index (χ2n) is 9.20. The highest BCUT2D eigenvalue weighted by Crippen LogP contribution is 2.34. The van der Waals surface area contributed by atoms with Gasteiger partial charge in [-0.3, -0.25) is 4.79 Å². The van der Waals surface area contributed by atoms with Crippen LogP contribution in [0.25, 0.3) is 10.9 Å². The van der Waals surface area contributed by atoms with Gasteiger partial charge in [-0.2, -0.15) is 0 Å². The summed E-state index contributed by atoms with van der Waals surface area (Å²) in [7, 11) is 1.68. The minimum Gasteiger partial charge on any atom is -0.359 e. The number of ether oxygens (including phenoxy) is 2. The maximum atomic E-state index is 13.2. The molecule has 34 heavy (non-hydrogen) atoms. The fourth-order valence-corrected chi connectivity index (χ4v) is 5.15. The van der Waals surface area contributed by atoms with Crippen LogP contribution in [0.4, 0.5) is 4.39 Å². The smallest absolute Gasteiger partial charge is 0.225 e. The van der Waals surface area contributed by atoms with E-state index in [1.807, 2.05) is 12.1 Å². The Kier molecular flexibility index (Phi) is 6.94. The number of carbonyl (C=O) groups is 1. The van der Waals surface area contributed by atoms with Crippen LogP contribution in [0.5, 0.6) is 0 Å². The largest absolute Gasteiger partial charge is 0.359 e. The Bertz CT molecular complexity index is 1130. The van der Waals surface area contributed by atoms with E-state index in [-0.39, 0.29) is 18.0 Å². The van der Waals surface area contributed by atoms with Crippen molar-refractivity contribution in [3.05, 3.63) is 71.2 Å². The normalized spacial score (nSPS) is 18.1. The number of rotatable bonds is 7. The number of halogens is 1. The number of nitrogens with one attached hydrogen (secondary N) is 1. The summed E-state index contributed by atoms with van der Waals surface area (Å²) in [5, 5.41) is 3.90. The van der Waals surface area contributed by atoms with Gasteiger partial charge in [0.2, 0.25) is 5.91 Å². The predicted molar refractivity (Wildman–Crippen MR) is 129 cm³/mol. The van der Waals surface area contributed by atoms with Gasteiger partial charge in [-0.1, -0.05) is 24.3 Å². The molecule has 1 aromatic heterocycles. The molecule has 0 unspecified atom stereocenters. The van der Waals surface area contributed by atoms with Crippen molar-refractivity contribution in [2.75, 3.05) is 39.9 Å². The quantitative estimate of drug-likeness (QED) is 0.573. The average molecular weight is 466 g/mol. The summed E-state index contributed by atoms with van der Waals surface area (Å²) in [5.41, 5.74) is 4.37. The Morgan fingerprint density at radius 3 is 2.50 bits per heavy atom. The summed E-state index contributed by atoms with van der Waals surface area (Å²) in [6.45, 7) is 4.19. The molecule has 2 fully saturated rings. The molecule has 1 amide bonds. The van der Waals surface area contributed by atoms with Crippen LogP contribution in [0.1, 0.15) is 42.0 Å². The van der Waals surface area contributed by atoms with Crippen molar-refractivity contribution in [3.63, 3.8) is 0 Å². The number of hydrogen-bond donors (Lipinski definition) is 1. The molecular weight excluding hydrogens is 433 g/mol. The Morgan fingerprint density at radius 2 is 1.79 bits per heavy atom. The van der Waals surface area contributed by atoms with Gasteiger partial charge in [0, 0.05) is 49.5 Å². The molecule has 0 saturated carbocycles. The maximum Gasteiger partial charge on any atom is 0.225 e. The third-order valence-electron chi connectivity index (χ3n) is 7.01. The number of fused-ring (bicyclic) bond motifs is 1. The van der Waals surface area contributed by atoms with E-state index >= 15 is 0 Å². The lowest BCUT2D eigenvalue weighted by molar-refractivity contribution is -0.120. The van der Waals surface area contributed by atoms with Crippen LogP contribution in [0.15, 0.2) is 48.5 Å². The van der Waals surface area contributed by atoms with Crippen molar-refractivity contribution >= 4 is 16.8 Å². The van der Waals surface area contributed by atoms with Crippen LogP contribution < -0.4 is 5.32 Å². The second-order valence-corrected chi connectivity index (χ2v) is 9.20. The number of nitrogens with zero attached hydrogens (tertiary/aromatic N) is 2. The zero-order chi connectivity index (χ0) is 23.5. The second kappa shape index (κ2) is 10.3. The van der Waals surface area contributed by atoms with Crippen LogP contribution in [-0.4, -0.2) is 55.3 Å². The van der Waals surface area contributed by atoms with E-state index < -0.39 is 0 Å². The monoisotopic (exact) mass is 465 g/mol. The summed E-state index contributed by atoms with van der Waals surface area (Å²) >= 11 is 0. The van der Waals surface area contributed by atoms with Crippen LogP contribution in [0, 0.1) is 5.82 Å². The van der Waals surface area contributed by atoms with E-state index in [2.05, 4.69) is 39.0 Å². The average Bonchev–Trinajstić information content (AvgIpc) is 3.52. The molecule has 0 aliphatic carbocycles. The number of carbonyl (C=O) groups excluding carboxylic acids is 1. The lowest BCUT2D eigenvalue weighted by atomic mass is 10.0. The first-order valence-corrected chi connectivity index (χ1v) is 12.1. The third kappa shape index (κ3) is 5.02. The summed E-state index contributed by atoms with van der Waals surface area (Å²) in [4.78, 5) is 14.7. The summed E-state index contributed by atoms with van der Waals surface area (Å²) in [5.74, 6) is -0.172. The van der Waals surface area contributed by atoms with E-state index in [0.717, 1.165) is 66.6 Å². The van der Waals surface area contributed by atoms with Crippen molar-refractivity contribution in [1.29, 1.82) is 0 Å². The highest BCUT2D eigenvalue weighted by Gasteiger charge is 2.26. The third-order valence-corrected chi connectivity index (χ3v) is 7.01. The topological polar surface area (TPSA) is 55.7 Å². The van der Waals surface area contributed by atoms with Gasteiger partial charge in [0.25, 0.3) is 0 Å². The van der Waals surface area contributed by atoms with Crippen molar-refractivity contribution in [2.45, 2.75) is 38.0 Å². The Hall–Kier alpha value is -2.74. The van der Waals surface area contributed by atoms with E-state index in [4.69, 9.17) is 9.47 Å². The van der Waals surface area contributed by atoms with Crippen molar-refractivity contribution in [1.82, 2.24) is 14.8 Å². The molecular formula is C27H32FN3O3. The van der Waals surface area contributed by atoms with Crippen LogP contribution in [-0.2, 0) is 27.1 Å². The van der Waals surface area contributed by atoms with Crippen molar-refractivity contribution in [2.24, 2.45) is 0 Å². The molecule has 180 valence electrons. The minimum atomic E-state index is -0.316. The number of likely N-dealkylation sites (tertiary alicyclic amines) is 1. The SMILES string of the molecule is CNC(=O)Cc1cc2ccc(C3OCCO3)cc2n1C1CCN(CCc2ccc(F)cc2)CC1. The zero-order valence-corrected chi connectivity index (χ0v) is 19.6. The van der Waals surface area contributed by atoms with Gasteiger partial charge in [-0.05, 0) is 54.5 Å². The van der Waals surface area contributed by atoms with Gasteiger partial charge in [0.1, 0.15) is 5.82 Å². The standard InChI is InChI=1S/C27H32FN3O3/c1-29-26(32)18-24-16-20-4-5-21(27-33-14-15-34-27)17-25(20)31(24)23-9-12-30(13-10-23)11-8-19-2-6-22(28)7-3-19/h2-7,16-17,23,27H,8-15,18H2,1H3,(H,29,32). The van der Waals surface area contributed by atoms with Crippen molar-refractivity contribution < 1.29 is 18.7 Å². The molecule has 2 aliphatic rings. The van der Waals surface area contributed by atoms with Crippen LogP contribution in [0.2, 0.25) is 0 Å². The highest BCUT2D eigenvalue weighted by atomic mass is 19.1. The molecule has 1 N–H and O–H groups in total. The number of aromatic nitrogens is 1. The number of piperidine rings is 1. The lowest BCUT2D eigenvalue weighted by Gasteiger charge is -2.34. The summed E-state index contributed by atoms with van der Waals surface area (Å²) in [6, 6.07) is 15.6. The predicted octanol–water partition coefficient (Wildman–Crippen LogP) is 3.99.